The predicted octanol–water partition coefficient (Wildman–Crippen LogP) is -1.23. The van der Waals surface area contributed by atoms with Crippen LogP contribution >= 0.6 is 0 Å². The molecule has 2 saturated heterocycles. The topological polar surface area (TPSA) is 26.1 Å². The zero-order valence-electron chi connectivity index (χ0n) is 8.76. The quantitative estimate of drug-likeness (QED) is 0.535. The summed E-state index contributed by atoms with van der Waals surface area (Å²) in [6.07, 6.45) is 5.55. The van der Waals surface area contributed by atoms with Gasteiger partial charge in [0.05, 0.1) is 0 Å². The second-order valence-corrected chi connectivity index (χ2v) is 4.10. The van der Waals surface area contributed by atoms with Gasteiger partial charge in [-0.15, -0.1) is 13.1 Å². The molecule has 13 heavy (non-hydrogen) atoms. The maximum Gasteiger partial charge on any atom is 1.00 e. The van der Waals surface area contributed by atoms with E-state index in [1.165, 1.54) is 38.8 Å². The van der Waals surface area contributed by atoms with Gasteiger partial charge in [0.15, 0.2) is 0 Å². The Kier molecular flexibility index (Phi) is 6.73. The fourth-order valence-electron chi connectivity index (χ4n) is 2.56. The molecule has 0 unspecified atom stereocenters. The average molecular weight is 206 g/mol. The molecule has 0 aromatic carbocycles. The molecule has 70 valence electrons. The van der Waals surface area contributed by atoms with Crippen LogP contribution in [0.5, 0.6) is 0 Å². The molecule has 2 aliphatic heterocycles. The van der Waals surface area contributed by atoms with Crippen molar-refractivity contribution in [3.63, 3.8) is 0 Å². The number of piperidine rings is 2. The van der Waals surface area contributed by atoms with Gasteiger partial charge >= 0.3 is 51.4 Å². The zero-order chi connectivity index (χ0) is 8.23. The Hall–Kier alpha value is 1.56. The van der Waals surface area contributed by atoms with Gasteiger partial charge in [0.1, 0.15) is 0 Å². The van der Waals surface area contributed by atoms with Crippen LogP contribution in [0.4, 0.5) is 0 Å². The number of rotatable bonds is 1. The fraction of sp³-hybridized carbons (Fsp3) is 1.00. The van der Waals surface area contributed by atoms with Gasteiger partial charge in [-0.05, 0) is 37.8 Å². The summed E-state index contributed by atoms with van der Waals surface area (Å²) < 4.78 is 0. The predicted molar refractivity (Wildman–Crippen MR) is 51.4 cm³/mol. The van der Waals surface area contributed by atoms with E-state index in [4.69, 9.17) is 0 Å². The molecule has 0 radical (unpaired) electrons. The second kappa shape index (κ2) is 6.93. The van der Waals surface area contributed by atoms with Crippen LogP contribution in [0.15, 0.2) is 0 Å². The molecule has 0 aromatic rings. The first-order valence-corrected chi connectivity index (χ1v) is 5.31. The van der Waals surface area contributed by atoms with Gasteiger partial charge in [-0.25, -0.2) is 0 Å². The minimum absolute atomic E-state index is 0. The third kappa shape index (κ3) is 3.90. The van der Waals surface area contributed by atoms with Gasteiger partial charge in [0.25, 0.3) is 0 Å². The van der Waals surface area contributed by atoms with Crippen molar-refractivity contribution in [3.8, 4) is 0 Å². The summed E-state index contributed by atoms with van der Waals surface area (Å²) in [5.74, 6) is 2.02. The molecular weight excluding hydrogens is 187 g/mol. The van der Waals surface area contributed by atoms with Crippen LogP contribution in [0.3, 0.4) is 0 Å². The number of hydrogen-bond donors (Lipinski definition) is 1. The molecule has 2 rings (SSSR count). The number of nitrogens with one attached hydrogen (secondary N) is 1. The first-order chi connectivity index (χ1) is 5.97. The number of nitrogens with zero attached hydrogens (tertiary/aromatic N) is 1. The van der Waals surface area contributed by atoms with E-state index in [1.54, 1.807) is 0 Å². The molecule has 3 heteroatoms. The summed E-state index contributed by atoms with van der Waals surface area (Å²) in [6.45, 7) is 4.76. The van der Waals surface area contributed by atoms with E-state index in [-0.39, 0.29) is 51.4 Å². The summed E-state index contributed by atoms with van der Waals surface area (Å²) in [6, 6.07) is 0. The maximum absolute atomic E-state index is 4.41. The summed E-state index contributed by atoms with van der Waals surface area (Å²) in [4.78, 5) is 0. The molecule has 0 bridgehead atoms. The third-order valence-electron chi connectivity index (χ3n) is 3.37. The Labute approximate surface area is 124 Å². The minimum Gasteiger partial charge on any atom is -0.662 e. The second-order valence-electron chi connectivity index (χ2n) is 4.10. The minimum atomic E-state index is 0. The monoisotopic (exact) mass is 206 g/mol. The van der Waals surface area contributed by atoms with Gasteiger partial charge in [0.2, 0.25) is 0 Å². The van der Waals surface area contributed by atoms with Gasteiger partial charge in [-0.1, -0.05) is 12.8 Å². The molecule has 2 fully saturated rings. The van der Waals surface area contributed by atoms with Crippen LogP contribution < -0.4 is 56.7 Å². The molecule has 0 aromatic heterocycles. The smallest absolute Gasteiger partial charge is 0.662 e. The van der Waals surface area contributed by atoms with E-state index in [1.807, 2.05) is 0 Å². The molecule has 1 N–H and O–H groups in total. The van der Waals surface area contributed by atoms with Gasteiger partial charge < -0.3 is 10.6 Å². The Morgan fingerprint density at radius 3 is 2.00 bits per heavy atom. The van der Waals surface area contributed by atoms with E-state index < -0.39 is 0 Å². The Morgan fingerprint density at radius 2 is 1.38 bits per heavy atom. The van der Waals surface area contributed by atoms with Crippen LogP contribution in [0.25, 0.3) is 5.32 Å². The maximum atomic E-state index is 4.41. The Balaban J connectivity index is 0.000000845. The fourth-order valence-corrected chi connectivity index (χ4v) is 2.56. The van der Waals surface area contributed by atoms with E-state index >= 15 is 0 Å². The zero-order valence-corrected chi connectivity index (χ0v) is 11.9. The molecule has 2 heterocycles. The number of hydrogen-bond acceptors (Lipinski definition) is 1. The van der Waals surface area contributed by atoms with Crippen molar-refractivity contribution < 1.29 is 51.4 Å². The first kappa shape index (κ1) is 12.6. The van der Waals surface area contributed by atoms with Gasteiger partial charge in [-0.2, -0.15) is 0 Å². The van der Waals surface area contributed by atoms with Crippen molar-refractivity contribution in [3.05, 3.63) is 5.32 Å². The van der Waals surface area contributed by atoms with Crippen LogP contribution in [-0.2, 0) is 0 Å². The summed E-state index contributed by atoms with van der Waals surface area (Å²) in [5.41, 5.74) is 0. The first-order valence-electron chi connectivity index (χ1n) is 5.31. The molecule has 0 amide bonds. The summed E-state index contributed by atoms with van der Waals surface area (Å²) >= 11 is 0. The van der Waals surface area contributed by atoms with Crippen molar-refractivity contribution in [2.75, 3.05) is 26.2 Å². The summed E-state index contributed by atoms with van der Waals surface area (Å²) in [5, 5.41) is 7.84. The molecule has 0 aliphatic carbocycles. The molecule has 0 spiro atoms. The van der Waals surface area contributed by atoms with Gasteiger partial charge in [0, 0.05) is 0 Å². The molecule has 0 atom stereocenters. The molecule has 2 aliphatic rings. The largest absolute Gasteiger partial charge is 1.00 e. The molecule has 2 nitrogen and oxygen atoms in total. The third-order valence-corrected chi connectivity index (χ3v) is 3.37. The Bertz CT molecular complexity index is 113. The SMILES string of the molecule is C1CC(C2CCNCC2)CC[N-]1.[K+]. The van der Waals surface area contributed by atoms with Crippen molar-refractivity contribution in [1.82, 2.24) is 5.32 Å². The van der Waals surface area contributed by atoms with E-state index in [0.29, 0.717) is 0 Å². The normalized spacial score (nSPS) is 26.8. The van der Waals surface area contributed by atoms with Crippen LogP contribution in [0.1, 0.15) is 25.7 Å². The van der Waals surface area contributed by atoms with Gasteiger partial charge in [-0.3, -0.25) is 0 Å². The van der Waals surface area contributed by atoms with E-state index in [2.05, 4.69) is 10.6 Å². The summed E-state index contributed by atoms with van der Waals surface area (Å²) in [7, 11) is 0. The van der Waals surface area contributed by atoms with Crippen LogP contribution in [0.2, 0.25) is 0 Å². The van der Waals surface area contributed by atoms with Crippen molar-refractivity contribution in [2.45, 2.75) is 25.7 Å². The van der Waals surface area contributed by atoms with E-state index in [0.717, 1.165) is 24.9 Å². The molecule has 0 saturated carbocycles. The average Bonchev–Trinajstić information content (AvgIpc) is 2.21. The van der Waals surface area contributed by atoms with Crippen molar-refractivity contribution in [2.24, 2.45) is 11.8 Å². The van der Waals surface area contributed by atoms with Crippen LogP contribution in [-0.4, -0.2) is 26.2 Å². The van der Waals surface area contributed by atoms with Crippen LogP contribution in [0, 0.1) is 11.8 Å². The van der Waals surface area contributed by atoms with Crippen molar-refractivity contribution in [1.29, 1.82) is 0 Å². The van der Waals surface area contributed by atoms with Crippen molar-refractivity contribution >= 4 is 0 Å². The molecular formula is C10H19KN2. The standard InChI is InChI=1S/C10H19N2.K/c1-5-11-6-2-9(1)10-3-7-12-8-4-10;/h9-11H,1-8H2;/q-1;+1. The Morgan fingerprint density at radius 1 is 0.846 bits per heavy atom. The van der Waals surface area contributed by atoms with E-state index in [9.17, 15) is 0 Å².